The Balaban J connectivity index is 1.70. The third-order valence-corrected chi connectivity index (χ3v) is 4.14. The van der Waals surface area contributed by atoms with Crippen LogP contribution in [0.2, 0.25) is 0 Å². The zero-order valence-corrected chi connectivity index (χ0v) is 13.3. The van der Waals surface area contributed by atoms with Gasteiger partial charge in [0.2, 0.25) is 21.9 Å². The van der Waals surface area contributed by atoms with Crippen LogP contribution in [0.5, 0.6) is 0 Å². The minimum atomic E-state index is -3.24. The summed E-state index contributed by atoms with van der Waals surface area (Å²) in [6.07, 6.45) is 6.30. The molecule has 2 heterocycles. The first-order valence-electron chi connectivity index (χ1n) is 7.20. The number of anilines is 1. The Morgan fingerprint density at radius 1 is 1.32 bits per heavy atom. The highest BCUT2D eigenvalue weighted by atomic mass is 32.2. The van der Waals surface area contributed by atoms with Gasteiger partial charge < -0.3 is 10.2 Å². The molecule has 2 rings (SSSR count). The van der Waals surface area contributed by atoms with Crippen LogP contribution in [0.15, 0.2) is 18.5 Å². The van der Waals surface area contributed by atoms with E-state index in [0.717, 1.165) is 32.2 Å². The van der Waals surface area contributed by atoms with E-state index in [0.29, 0.717) is 5.95 Å². The molecule has 0 unspecified atom stereocenters. The molecule has 1 aliphatic heterocycles. The van der Waals surface area contributed by atoms with Gasteiger partial charge in [0.15, 0.2) is 0 Å². The van der Waals surface area contributed by atoms with Crippen molar-refractivity contribution in [1.29, 1.82) is 0 Å². The number of sulfonamides is 1. The molecule has 0 saturated carbocycles. The van der Waals surface area contributed by atoms with E-state index in [1.54, 1.807) is 18.5 Å². The number of amides is 1. The molecule has 0 aromatic carbocycles. The van der Waals surface area contributed by atoms with Crippen LogP contribution < -0.4 is 14.9 Å². The number of aromatic nitrogens is 2. The first-order chi connectivity index (χ1) is 10.4. The molecule has 1 amide bonds. The van der Waals surface area contributed by atoms with Gasteiger partial charge in [-0.1, -0.05) is 0 Å². The van der Waals surface area contributed by atoms with Gasteiger partial charge in [-0.15, -0.1) is 0 Å². The molecule has 122 valence electrons. The summed E-state index contributed by atoms with van der Waals surface area (Å²) in [6.45, 7) is 1.70. The maximum absolute atomic E-state index is 11.8. The van der Waals surface area contributed by atoms with E-state index in [-0.39, 0.29) is 24.9 Å². The van der Waals surface area contributed by atoms with Gasteiger partial charge in [0.1, 0.15) is 0 Å². The summed E-state index contributed by atoms with van der Waals surface area (Å²) in [5, 5.41) is 2.94. The smallest absolute Gasteiger partial charge is 0.225 e. The van der Waals surface area contributed by atoms with Gasteiger partial charge in [0, 0.05) is 44.5 Å². The van der Waals surface area contributed by atoms with Crippen LogP contribution in [0.25, 0.3) is 0 Å². The van der Waals surface area contributed by atoms with Crippen molar-refractivity contribution in [2.24, 2.45) is 0 Å². The SMILES string of the molecule is CS(=O)(=O)NCCC(=O)NC1CCN(c2ncccn2)CC1. The summed E-state index contributed by atoms with van der Waals surface area (Å²) in [5.74, 6) is 0.579. The molecule has 0 aliphatic carbocycles. The maximum atomic E-state index is 11.8. The topological polar surface area (TPSA) is 104 Å². The highest BCUT2D eigenvalue weighted by Gasteiger charge is 2.21. The van der Waals surface area contributed by atoms with Gasteiger partial charge in [-0.3, -0.25) is 4.79 Å². The summed E-state index contributed by atoms with van der Waals surface area (Å²) >= 11 is 0. The number of hydrogen-bond donors (Lipinski definition) is 2. The molecule has 1 aromatic heterocycles. The van der Waals surface area contributed by atoms with Crippen LogP contribution in [-0.2, 0) is 14.8 Å². The normalized spacial score (nSPS) is 16.5. The fraction of sp³-hybridized carbons (Fsp3) is 0.615. The summed E-state index contributed by atoms with van der Waals surface area (Å²) < 4.78 is 24.1. The summed E-state index contributed by atoms with van der Waals surface area (Å²) in [6, 6.07) is 1.90. The maximum Gasteiger partial charge on any atom is 0.225 e. The predicted molar refractivity (Wildman–Crippen MR) is 82.9 cm³/mol. The van der Waals surface area contributed by atoms with Gasteiger partial charge in [-0.25, -0.2) is 23.1 Å². The van der Waals surface area contributed by atoms with Crippen LogP contribution in [0.4, 0.5) is 5.95 Å². The Labute approximate surface area is 130 Å². The van der Waals surface area contributed by atoms with Crippen molar-refractivity contribution in [3.8, 4) is 0 Å². The lowest BCUT2D eigenvalue weighted by Gasteiger charge is -2.32. The molecule has 1 aromatic rings. The van der Waals surface area contributed by atoms with Gasteiger partial charge in [0.05, 0.1) is 6.26 Å². The zero-order valence-electron chi connectivity index (χ0n) is 12.5. The Morgan fingerprint density at radius 3 is 2.55 bits per heavy atom. The third-order valence-electron chi connectivity index (χ3n) is 3.41. The monoisotopic (exact) mass is 327 g/mol. The second kappa shape index (κ2) is 7.50. The minimum absolute atomic E-state index is 0.116. The Morgan fingerprint density at radius 2 is 1.95 bits per heavy atom. The molecule has 2 N–H and O–H groups in total. The van der Waals surface area contributed by atoms with Crippen molar-refractivity contribution in [3.63, 3.8) is 0 Å². The third kappa shape index (κ3) is 5.57. The zero-order chi connectivity index (χ0) is 16.0. The van der Waals surface area contributed by atoms with Crippen LogP contribution >= 0.6 is 0 Å². The molecule has 22 heavy (non-hydrogen) atoms. The number of nitrogens with one attached hydrogen (secondary N) is 2. The molecule has 1 aliphatic rings. The Kier molecular flexibility index (Phi) is 5.67. The number of carbonyl (C=O) groups excluding carboxylic acids is 1. The van der Waals surface area contributed by atoms with Crippen molar-refractivity contribution < 1.29 is 13.2 Å². The van der Waals surface area contributed by atoms with E-state index in [9.17, 15) is 13.2 Å². The second-order valence-electron chi connectivity index (χ2n) is 5.29. The number of nitrogens with zero attached hydrogens (tertiary/aromatic N) is 3. The summed E-state index contributed by atoms with van der Waals surface area (Å²) in [5.41, 5.74) is 0. The summed E-state index contributed by atoms with van der Waals surface area (Å²) in [7, 11) is -3.24. The van der Waals surface area contributed by atoms with E-state index in [4.69, 9.17) is 0 Å². The van der Waals surface area contributed by atoms with Crippen LogP contribution in [0, 0.1) is 0 Å². The molecule has 8 nitrogen and oxygen atoms in total. The molecule has 1 saturated heterocycles. The first-order valence-corrected chi connectivity index (χ1v) is 9.09. The van der Waals surface area contributed by atoms with E-state index < -0.39 is 10.0 Å². The standard InChI is InChI=1S/C13H21N5O3S/c1-22(20,21)16-8-3-12(19)17-11-4-9-18(10-5-11)13-14-6-2-7-15-13/h2,6-7,11,16H,3-5,8-10H2,1H3,(H,17,19). The van der Waals surface area contributed by atoms with Crippen molar-refractivity contribution >= 4 is 21.9 Å². The molecule has 0 bridgehead atoms. The molecular weight excluding hydrogens is 306 g/mol. The number of hydrogen-bond acceptors (Lipinski definition) is 6. The van der Waals surface area contributed by atoms with Gasteiger partial charge in [-0.05, 0) is 18.9 Å². The Bertz CT molecular complexity index is 585. The van der Waals surface area contributed by atoms with Crippen molar-refractivity contribution in [3.05, 3.63) is 18.5 Å². The molecule has 0 spiro atoms. The fourth-order valence-electron chi connectivity index (χ4n) is 2.33. The van der Waals surface area contributed by atoms with E-state index in [1.165, 1.54) is 0 Å². The fourth-order valence-corrected chi connectivity index (χ4v) is 2.80. The lowest BCUT2D eigenvalue weighted by Crippen LogP contribution is -2.45. The Hall–Kier alpha value is -1.74. The molecule has 1 fully saturated rings. The number of piperidine rings is 1. The summed E-state index contributed by atoms with van der Waals surface area (Å²) in [4.78, 5) is 22.3. The van der Waals surface area contributed by atoms with Gasteiger partial charge in [-0.2, -0.15) is 0 Å². The molecular formula is C13H21N5O3S. The van der Waals surface area contributed by atoms with E-state index in [1.807, 2.05) is 0 Å². The van der Waals surface area contributed by atoms with Gasteiger partial charge in [0.25, 0.3) is 0 Å². The lowest BCUT2D eigenvalue weighted by atomic mass is 10.1. The minimum Gasteiger partial charge on any atom is -0.353 e. The highest BCUT2D eigenvalue weighted by Crippen LogP contribution is 2.15. The highest BCUT2D eigenvalue weighted by molar-refractivity contribution is 7.88. The number of carbonyl (C=O) groups is 1. The van der Waals surface area contributed by atoms with Gasteiger partial charge >= 0.3 is 0 Å². The molecule has 9 heteroatoms. The van der Waals surface area contributed by atoms with E-state index in [2.05, 4.69) is 24.9 Å². The van der Waals surface area contributed by atoms with Crippen molar-refractivity contribution in [2.75, 3.05) is 30.8 Å². The molecule has 0 radical (unpaired) electrons. The first kappa shape index (κ1) is 16.6. The van der Waals surface area contributed by atoms with Crippen LogP contribution in [0.3, 0.4) is 0 Å². The quantitative estimate of drug-likeness (QED) is 0.730. The van der Waals surface area contributed by atoms with Crippen LogP contribution in [-0.4, -0.2) is 56.2 Å². The van der Waals surface area contributed by atoms with Crippen molar-refractivity contribution in [1.82, 2.24) is 20.0 Å². The largest absolute Gasteiger partial charge is 0.353 e. The lowest BCUT2D eigenvalue weighted by molar-refractivity contribution is -0.121. The average molecular weight is 327 g/mol. The van der Waals surface area contributed by atoms with E-state index >= 15 is 0 Å². The van der Waals surface area contributed by atoms with Crippen molar-refractivity contribution in [2.45, 2.75) is 25.3 Å². The predicted octanol–water partition coefficient (Wildman–Crippen LogP) is -0.499. The molecule has 0 atom stereocenters. The number of rotatable bonds is 6. The second-order valence-corrected chi connectivity index (χ2v) is 7.13. The van der Waals surface area contributed by atoms with Crippen LogP contribution in [0.1, 0.15) is 19.3 Å². The average Bonchev–Trinajstić information content (AvgIpc) is 2.47.